The molecule has 0 aromatic heterocycles. The number of rotatable bonds is 9. The van der Waals surface area contributed by atoms with Crippen molar-refractivity contribution in [3.63, 3.8) is 0 Å². The third-order valence-corrected chi connectivity index (χ3v) is 5.97. The summed E-state index contributed by atoms with van der Waals surface area (Å²) in [4.78, 5) is 24.0. The van der Waals surface area contributed by atoms with E-state index in [0.29, 0.717) is 11.3 Å². The van der Waals surface area contributed by atoms with Gasteiger partial charge in [0.1, 0.15) is 17.3 Å². The molecule has 0 radical (unpaired) electrons. The van der Waals surface area contributed by atoms with Crippen LogP contribution < -0.4 is 20.1 Å². The average Bonchev–Trinajstić information content (AvgIpc) is 2.79. The first-order valence-electron chi connectivity index (χ1n) is 9.98. The largest absolute Gasteiger partial charge is 0.506 e. The van der Waals surface area contributed by atoms with E-state index in [0.717, 1.165) is 12.1 Å². The summed E-state index contributed by atoms with van der Waals surface area (Å²) in [5.41, 5.74) is 0.493. The Morgan fingerprint density at radius 3 is 2.47 bits per heavy atom. The van der Waals surface area contributed by atoms with E-state index in [1.54, 1.807) is 24.3 Å². The second kappa shape index (κ2) is 10.7. The number of carbonyl (C=O) groups is 2. The van der Waals surface area contributed by atoms with Crippen LogP contribution in [-0.2, 0) is 26.0 Å². The number of para-hydroxylation sites is 2. The number of carbonyl (C=O) groups excluding carboxylic acids is 2. The Morgan fingerprint density at radius 2 is 1.74 bits per heavy atom. The molecule has 0 aliphatic carbocycles. The Hall–Kier alpha value is -4.12. The minimum Gasteiger partial charge on any atom is -0.506 e. The fourth-order valence-corrected chi connectivity index (χ4v) is 4.08. The SMILES string of the molecule is COc1ccccc1NS(=O)(=O)c1ccc(O)c(NC(=O)CNC(=O)Cc2cccc(F)c2)c1. The second-order valence-corrected chi connectivity index (χ2v) is 8.80. The van der Waals surface area contributed by atoms with Crippen LogP contribution in [0.2, 0.25) is 0 Å². The van der Waals surface area contributed by atoms with Gasteiger partial charge in [-0.1, -0.05) is 24.3 Å². The fourth-order valence-electron chi connectivity index (χ4n) is 2.98. The first-order chi connectivity index (χ1) is 16.2. The molecule has 3 aromatic carbocycles. The van der Waals surface area contributed by atoms with Gasteiger partial charge in [0.25, 0.3) is 10.0 Å². The first kappa shape index (κ1) is 24.5. The number of hydrogen-bond acceptors (Lipinski definition) is 6. The van der Waals surface area contributed by atoms with Crippen LogP contribution in [0.15, 0.2) is 71.6 Å². The van der Waals surface area contributed by atoms with Gasteiger partial charge >= 0.3 is 0 Å². The molecule has 2 amide bonds. The number of halogens is 1. The fraction of sp³-hybridized carbons (Fsp3) is 0.130. The van der Waals surface area contributed by atoms with E-state index >= 15 is 0 Å². The Kier molecular flexibility index (Phi) is 7.69. The van der Waals surface area contributed by atoms with Crippen molar-refractivity contribution in [2.24, 2.45) is 0 Å². The number of amides is 2. The van der Waals surface area contributed by atoms with Crippen LogP contribution in [0.4, 0.5) is 15.8 Å². The molecular weight excluding hydrogens is 465 g/mol. The van der Waals surface area contributed by atoms with E-state index in [4.69, 9.17) is 4.74 Å². The maximum absolute atomic E-state index is 13.2. The van der Waals surface area contributed by atoms with Crippen molar-refractivity contribution >= 4 is 33.2 Å². The third-order valence-electron chi connectivity index (χ3n) is 4.60. The lowest BCUT2D eigenvalue weighted by Crippen LogP contribution is -2.33. The molecule has 3 aromatic rings. The molecule has 3 rings (SSSR count). The standard InChI is InChI=1S/C23H22FN3O6S/c1-33-21-8-3-2-7-18(21)27-34(31,32)17-9-10-20(28)19(13-17)26-23(30)14-25-22(29)12-15-5-4-6-16(24)11-15/h2-11,13,27-28H,12,14H2,1H3,(H,25,29)(H,26,30). The van der Waals surface area contributed by atoms with Gasteiger partial charge in [-0.25, -0.2) is 12.8 Å². The molecule has 0 saturated carbocycles. The summed E-state index contributed by atoms with van der Waals surface area (Å²) in [6, 6.07) is 15.3. The molecule has 0 spiro atoms. The summed E-state index contributed by atoms with van der Waals surface area (Å²) in [5.74, 6) is -1.74. The Morgan fingerprint density at radius 1 is 0.971 bits per heavy atom. The zero-order valence-electron chi connectivity index (χ0n) is 18.0. The summed E-state index contributed by atoms with van der Waals surface area (Å²) in [7, 11) is -2.68. The minimum atomic E-state index is -4.08. The zero-order chi connectivity index (χ0) is 24.7. The summed E-state index contributed by atoms with van der Waals surface area (Å²) in [5, 5.41) is 14.8. The lowest BCUT2D eigenvalue weighted by molar-refractivity contribution is -0.123. The van der Waals surface area contributed by atoms with Crippen LogP contribution >= 0.6 is 0 Å². The maximum Gasteiger partial charge on any atom is 0.262 e. The molecule has 4 N–H and O–H groups in total. The number of nitrogens with one attached hydrogen (secondary N) is 3. The summed E-state index contributed by atoms with van der Waals surface area (Å²) in [6.07, 6.45) is -0.126. The highest BCUT2D eigenvalue weighted by molar-refractivity contribution is 7.92. The minimum absolute atomic E-state index is 0.126. The van der Waals surface area contributed by atoms with Gasteiger partial charge in [0.15, 0.2) is 0 Å². The topological polar surface area (TPSA) is 134 Å². The molecule has 0 aliphatic rings. The van der Waals surface area contributed by atoms with E-state index in [1.165, 1.54) is 37.4 Å². The van der Waals surface area contributed by atoms with Crippen LogP contribution in [0.5, 0.6) is 11.5 Å². The number of aromatic hydroxyl groups is 1. The summed E-state index contributed by atoms with van der Waals surface area (Å²) >= 11 is 0. The van der Waals surface area contributed by atoms with Crippen molar-refractivity contribution in [3.8, 4) is 11.5 Å². The van der Waals surface area contributed by atoms with Crippen molar-refractivity contribution in [3.05, 3.63) is 78.1 Å². The van der Waals surface area contributed by atoms with E-state index in [1.807, 2.05) is 0 Å². The first-order valence-corrected chi connectivity index (χ1v) is 11.5. The molecule has 178 valence electrons. The normalized spacial score (nSPS) is 10.9. The monoisotopic (exact) mass is 487 g/mol. The zero-order valence-corrected chi connectivity index (χ0v) is 18.9. The van der Waals surface area contributed by atoms with E-state index < -0.39 is 34.2 Å². The van der Waals surface area contributed by atoms with Crippen molar-refractivity contribution in [2.45, 2.75) is 11.3 Å². The molecule has 0 bridgehead atoms. The molecule has 0 saturated heterocycles. The highest BCUT2D eigenvalue weighted by atomic mass is 32.2. The quantitative estimate of drug-likeness (QED) is 0.343. The Labute approximate surface area is 195 Å². The van der Waals surface area contributed by atoms with Crippen LogP contribution in [0.1, 0.15) is 5.56 Å². The number of benzene rings is 3. The highest BCUT2D eigenvalue weighted by Crippen LogP contribution is 2.30. The molecule has 0 aliphatic heterocycles. The van der Waals surface area contributed by atoms with Crippen LogP contribution in [0.3, 0.4) is 0 Å². The lowest BCUT2D eigenvalue weighted by Gasteiger charge is -2.13. The van der Waals surface area contributed by atoms with Gasteiger partial charge in [0.2, 0.25) is 11.8 Å². The average molecular weight is 488 g/mol. The van der Waals surface area contributed by atoms with E-state index in [-0.39, 0.29) is 28.4 Å². The van der Waals surface area contributed by atoms with Crippen LogP contribution in [0.25, 0.3) is 0 Å². The number of phenolic OH excluding ortho intramolecular Hbond substituents is 1. The number of ether oxygens (including phenoxy) is 1. The summed E-state index contributed by atoms with van der Waals surface area (Å²) < 4.78 is 46.3. The van der Waals surface area contributed by atoms with Crippen molar-refractivity contribution < 1.29 is 32.2 Å². The van der Waals surface area contributed by atoms with Gasteiger partial charge in [-0.15, -0.1) is 0 Å². The molecular formula is C23H22FN3O6S. The molecule has 0 atom stereocenters. The molecule has 0 heterocycles. The lowest BCUT2D eigenvalue weighted by atomic mass is 10.1. The Balaban J connectivity index is 1.65. The number of hydrogen-bond donors (Lipinski definition) is 4. The smallest absolute Gasteiger partial charge is 0.262 e. The second-order valence-electron chi connectivity index (χ2n) is 7.12. The van der Waals surface area contributed by atoms with Crippen LogP contribution in [0, 0.1) is 5.82 Å². The molecule has 9 nitrogen and oxygen atoms in total. The van der Waals surface area contributed by atoms with Gasteiger partial charge in [-0.05, 0) is 48.0 Å². The predicted octanol–water partition coefficient (Wildman–Crippen LogP) is 2.64. The number of methoxy groups -OCH3 is 1. The molecule has 0 fully saturated rings. The van der Waals surface area contributed by atoms with Crippen molar-refractivity contribution in [2.75, 3.05) is 23.7 Å². The summed E-state index contributed by atoms with van der Waals surface area (Å²) in [6.45, 7) is -0.440. The highest BCUT2D eigenvalue weighted by Gasteiger charge is 2.19. The van der Waals surface area contributed by atoms with E-state index in [2.05, 4.69) is 15.4 Å². The molecule has 34 heavy (non-hydrogen) atoms. The predicted molar refractivity (Wildman–Crippen MR) is 124 cm³/mol. The number of phenols is 1. The number of anilines is 2. The van der Waals surface area contributed by atoms with Crippen molar-refractivity contribution in [1.29, 1.82) is 0 Å². The number of sulfonamides is 1. The van der Waals surface area contributed by atoms with Gasteiger partial charge < -0.3 is 20.5 Å². The van der Waals surface area contributed by atoms with E-state index in [9.17, 15) is 27.5 Å². The van der Waals surface area contributed by atoms with Gasteiger partial charge in [0.05, 0.1) is 36.3 Å². The third kappa shape index (κ3) is 6.45. The van der Waals surface area contributed by atoms with Crippen molar-refractivity contribution in [1.82, 2.24) is 5.32 Å². The van der Waals surface area contributed by atoms with Gasteiger partial charge in [0, 0.05) is 0 Å². The Bertz CT molecular complexity index is 1310. The van der Waals surface area contributed by atoms with Gasteiger partial charge in [-0.3, -0.25) is 14.3 Å². The molecule has 0 unspecified atom stereocenters. The maximum atomic E-state index is 13.2. The molecule has 11 heteroatoms. The van der Waals surface area contributed by atoms with Gasteiger partial charge in [-0.2, -0.15) is 0 Å². The van der Waals surface area contributed by atoms with Crippen LogP contribution in [-0.4, -0.2) is 39.0 Å².